The molecule has 0 unspecified atom stereocenters. The molecule has 6 heteroatoms. The maximum Gasteiger partial charge on any atom is 0.335 e. The van der Waals surface area contributed by atoms with Gasteiger partial charge in [0, 0.05) is 12.1 Å². The highest BCUT2D eigenvalue weighted by Crippen LogP contribution is 2.33. The molecule has 2 N–H and O–H groups in total. The summed E-state index contributed by atoms with van der Waals surface area (Å²) in [7, 11) is 3.14. The molecule has 0 radical (unpaired) electrons. The number of hydrogen-bond acceptors (Lipinski definition) is 5. The quantitative estimate of drug-likeness (QED) is 0.554. The highest BCUT2D eigenvalue weighted by atomic mass is 16.5. The number of carboxylic acid groups (broad SMARTS) is 1. The molecule has 29 heavy (non-hydrogen) atoms. The van der Waals surface area contributed by atoms with Crippen molar-refractivity contribution in [3.63, 3.8) is 0 Å². The predicted octanol–water partition coefficient (Wildman–Crippen LogP) is 4.59. The molecule has 0 atom stereocenters. The van der Waals surface area contributed by atoms with Crippen LogP contribution in [0.4, 0.5) is 5.69 Å². The van der Waals surface area contributed by atoms with E-state index in [1.807, 2.05) is 48.5 Å². The first-order valence-corrected chi connectivity index (χ1v) is 9.10. The van der Waals surface area contributed by atoms with Gasteiger partial charge in [-0.1, -0.05) is 42.5 Å². The fourth-order valence-corrected chi connectivity index (χ4v) is 2.92. The molecule has 6 nitrogen and oxygen atoms in total. The maximum absolute atomic E-state index is 11.3. The van der Waals surface area contributed by atoms with E-state index >= 15 is 0 Å². The molecule has 0 saturated heterocycles. The van der Waals surface area contributed by atoms with Gasteiger partial charge in [-0.05, 0) is 29.8 Å². The Balaban J connectivity index is 1.82. The summed E-state index contributed by atoms with van der Waals surface area (Å²) >= 11 is 0. The molecule has 0 fully saturated rings. The fourth-order valence-electron chi connectivity index (χ4n) is 2.92. The molecule has 0 aliphatic heterocycles. The van der Waals surface area contributed by atoms with Crippen molar-refractivity contribution in [3.05, 3.63) is 83.4 Å². The highest BCUT2D eigenvalue weighted by molar-refractivity contribution is 5.89. The van der Waals surface area contributed by atoms with Crippen LogP contribution in [0.15, 0.2) is 66.7 Å². The van der Waals surface area contributed by atoms with E-state index in [-0.39, 0.29) is 5.56 Å². The first kappa shape index (κ1) is 20.1. The Morgan fingerprint density at radius 2 is 1.69 bits per heavy atom. The van der Waals surface area contributed by atoms with Crippen LogP contribution in [0.25, 0.3) is 0 Å². The van der Waals surface area contributed by atoms with E-state index < -0.39 is 5.97 Å². The average molecular weight is 393 g/mol. The van der Waals surface area contributed by atoms with Crippen molar-refractivity contribution >= 4 is 11.7 Å². The first-order chi connectivity index (χ1) is 14.1. The van der Waals surface area contributed by atoms with Gasteiger partial charge in [-0.3, -0.25) is 0 Å². The molecule has 0 heterocycles. The minimum atomic E-state index is -0.996. The van der Waals surface area contributed by atoms with E-state index in [2.05, 4.69) is 5.32 Å². The van der Waals surface area contributed by atoms with Gasteiger partial charge in [0.2, 0.25) is 0 Å². The summed E-state index contributed by atoms with van der Waals surface area (Å²) in [6, 6.07) is 20.2. The predicted molar refractivity (Wildman–Crippen MR) is 111 cm³/mol. The number of methoxy groups -OCH3 is 2. The van der Waals surface area contributed by atoms with Crippen molar-refractivity contribution in [2.45, 2.75) is 13.2 Å². The van der Waals surface area contributed by atoms with Crippen molar-refractivity contribution in [2.75, 3.05) is 19.5 Å². The maximum atomic E-state index is 11.3. The lowest BCUT2D eigenvalue weighted by Gasteiger charge is -2.17. The van der Waals surface area contributed by atoms with E-state index in [1.54, 1.807) is 26.4 Å². The van der Waals surface area contributed by atoms with Gasteiger partial charge in [-0.2, -0.15) is 0 Å². The van der Waals surface area contributed by atoms with Crippen LogP contribution in [0.5, 0.6) is 17.2 Å². The van der Waals surface area contributed by atoms with Crippen molar-refractivity contribution < 1.29 is 24.1 Å². The zero-order chi connectivity index (χ0) is 20.6. The minimum Gasteiger partial charge on any atom is -0.495 e. The highest BCUT2D eigenvalue weighted by Gasteiger charge is 2.13. The summed E-state index contributed by atoms with van der Waals surface area (Å²) in [4.78, 5) is 11.3. The van der Waals surface area contributed by atoms with Crippen LogP contribution in [-0.2, 0) is 13.2 Å². The van der Waals surface area contributed by atoms with Crippen LogP contribution in [0.3, 0.4) is 0 Å². The Bertz CT molecular complexity index is 972. The van der Waals surface area contributed by atoms with E-state index in [4.69, 9.17) is 14.2 Å². The third-order valence-corrected chi connectivity index (χ3v) is 4.42. The summed E-state index contributed by atoms with van der Waals surface area (Å²) in [6.45, 7) is 0.812. The first-order valence-electron chi connectivity index (χ1n) is 9.10. The minimum absolute atomic E-state index is 0.180. The van der Waals surface area contributed by atoms with Crippen LogP contribution in [0.1, 0.15) is 21.5 Å². The Kier molecular flexibility index (Phi) is 6.58. The zero-order valence-electron chi connectivity index (χ0n) is 16.3. The normalized spacial score (nSPS) is 10.3. The van der Waals surface area contributed by atoms with Gasteiger partial charge in [-0.25, -0.2) is 4.79 Å². The number of hydrogen-bond donors (Lipinski definition) is 2. The lowest BCUT2D eigenvalue weighted by molar-refractivity contribution is 0.0697. The van der Waals surface area contributed by atoms with Gasteiger partial charge >= 0.3 is 5.97 Å². The summed E-state index contributed by atoms with van der Waals surface area (Å²) < 4.78 is 16.9. The summed E-state index contributed by atoms with van der Waals surface area (Å²) in [5.41, 5.74) is 2.69. The monoisotopic (exact) mass is 393 g/mol. The van der Waals surface area contributed by atoms with Gasteiger partial charge in [0.25, 0.3) is 0 Å². The van der Waals surface area contributed by atoms with Crippen LogP contribution in [0, 0.1) is 0 Å². The Morgan fingerprint density at radius 3 is 2.38 bits per heavy atom. The van der Waals surface area contributed by atoms with E-state index in [1.165, 1.54) is 6.07 Å². The number of benzene rings is 3. The van der Waals surface area contributed by atoms with Crippen LogP contribution >= 0.6 is 0 Å². The second kappa shape index (κ2) is 9.50. The molecule has 0 saturated carbocycles. The second-order valence-electron chi connectivity index (χ2n) is 6.30. The zero-order valence-corrected chi connectivity index (χ0v) is 16.3. The number of carboxylic acids is 1. The Labute approximate surface area is 169 Å². The molecule has 3 aromatic carbocycles. The van der Waals surface area contributed by atoms with E-state index in [0.717, 1.165) is 11.1 Å². The molecular weight excluding hydrogens is 370 g/mol. The Hall–Kier alpha value is -3.67. The third kappa shape index (κ3) is 4.99. The van der Waals surface area contributed by atoms with E-state index in [9.17, 15) is 9.90 Å². The van der Waals surface area contributed by atoms with Gasteiger partial charge in [0.1, 0.15) is 12.4 Å². The molecule has 0 aromatic heterocycles. The van der Waals surface area contributed by atoms with Crippen molar-refractivity contribution in [2.24, 2.45) is 0 Å². The summed E-state index contributed by atoms with van der Waals surface area (Å²) in [5, 5.41) is 12.5. The van der Waals surface area contributed by atoms with Gasteiger partial charge < -0.3 is 24.6 Å². The van der Waals surface area contributed by atoms with Gasteiger partial charge in [0.15, 0.2) is 11.5 Å². The average Bonchev–Trinajstić information content (AvgIpc) is 2.76. The molecule has 3 aromatic rings. The van der Waals surface area contributed by atoms with E-state index in [0.29, 0.717) is 36.1 Å². The molecule has 0 spiro atoms. The Morgan fingerprint density at radius 1 is 0.931 bits per heavy atom. The fraction of sp³-hybridized carbons (Fsp3) is 0.174. The number of nitrogens with one attached hydrogen (secondary N) is 1. The van der Waals surface area contributed by atoms with Crippen molar-refractivity contribution in [1.82, 2.24) is 0 Å². The molecule has 0 amide bonds. The molecule has 0 bridgehead atoms. The lowest BCUT2D eigenvalue weighted by Crippen LogP contribution is -2.07. The second-order valence-corrected chi connectivity index (χ2v) is 6.30. The van der Waals surface area contributed by atoms with Crippen molar-refractivity contribution in [3.8, 4) is 17.2 Å². The third-order valence-electron chi connectivity index (χ3n) is 4.42. The standard InChI is InChI=1S/C23H23NO5/c1-27-20-12-11-17(23(25)26)13-19(20)24-14-18-9-6-10-21(28-2)22(18)29-15-16-7-4-3-5-8-16/h3-13,24H,14-15H2,1-2H3,(H,25,26). The van der Waals surface area contributed by atoms with Crippen LogP contribution in [0.2, 0.25) is 0 Å². The summed E-state index contributed by atoms with van der Waals surface area (Å²) in [5.74, 6) is 0.833. The SMILES string of the molecule is COc1ccc(C(=O)O)cc1NCc1cccc(OC)c1OCc1ccccc1. The molecule has 0 aliphatic rings. The van der Waals surface area contributed by atoms with Gasteiger partial charge in [-0.15, -0.1) is 0 Å². The van der Waals surface area contributed by atoms with Gasteiger partial charge in [0.05, 0.1) is 25.5 Å². The number of anilines is 1. The van der Waals surface area contributed by atoms with Crippen molar-refractivity contribution in [1.29, 1.82) is 0 Å². The molecular formula is C23H23NO5. The molecule has 3 rings (SSSR count). The molecule has 0 aliphatic carbocycles. The number of aromatic carboxylic acids is 1. The lowest BCUT2D eigenvalue weighted by atomic mass is 10.1. The topological polar surface area (TPSA) is 77.0 Å². The number of ether oxygens (including phenoxy) is 3. The molecule has 150 valence electrons. The number of rotatable bonds is 9. The smallest absolute Gasteiger partial charge is 0.335 e. The van der Waals surface area contributed by atoms with Crippen LogP contribution in [-0.4, -0.2) is 25.3 Å². The number of carbonyl (C=O) groups is 1. The largest absolute Gasteiger partial charge is 0.495 e. The summed E-state index contributed by atoms with van der Waals surface area (Å²) in [6.07, 6.45) is 0. The number of para-hydroxylation sites is 1. The van der Waals surface area contributed by atoms with Crippen LogP contribution < -0.4 is 19.5 Å².